The standard InChI is InChI=1S/C13H21N7/c1-9(2)13-17-11(6-12(18-13)19-14)15-5-4-10-7-16-20(3)8-10/h6-9H,4-5,14H2,1-3H3,(H2,15,17,18,19). The molecule has 0 saturated carbocycles. The largest absolute Gasteiger partial charge is 0.370 e. The van der Waals surface area contributed by atoms with E-state index in [2.05, 4.69) is 39.7 Å². The topological polar surface area (TPSA) is 93.7 Å². The van der Waals surface area contributed by atoms with Gasteiger partial charge in [0.15, 0.2) is 0 Å². The summed E-state index contributed by atoms with van der Waals surface area (Å²) >= 11 is 0. The third kappa shape index (κ3) is 3.67. The van der Waals surface area contributed by atoms with Crippen LogP contribution in [0.5, 0.6) is 0 Å². The maximum atomic E-state index is 5.43. The molecule has 0 unspecified atom stereocenters. The molecule has 20 heavy (non-hydrogen) atoms. The maximum Gasteiger partial charge on any atom is 0.145 e. The number of hydrogen-bond acceptors (Lipinski definition) is 6. The molecule has 0 bridgehead atoms. The van der Waals surface area contributed by atoms with E-state index >= 15 is 0 Å². The number of rotatable bonds is 6. The molecule has 0 radical (unpaired) electrons. The Balaban J connectivity index is 1.99. The average molecular weight is 275 g/mol. The van der Waals surface area contributed by atoms with Crippen LogP contribution < -0.4 is 16.6 Å². The first-order chi connectivity index (χ1) is 9.58. The molecule has 2 heterocycles. The Labute approximate surface area is 118 Å². The fourth-order valence-corrected chi connectivity index (χ4v) is 1.82. The molecular formula is C13H21N7. The van der Waals surface area contributed by atoms with Gasteiger partial charge in [-0.1, -0.05) is 13.8 Å². The van der Waals surface area contributed by atoms with Crippen LogP contribution in [0.2, 0.25) is 0 Å². The van der Waals surface area contributed by atoms with Gasteiger partial charge >= 0.3 is 0 Å². The highest BCUT2D eigenvalue weighted by atomic mass is 15.3. The molecule has 2 aromatic rings. The van der Waals surface area contributed by atoms with Crippen LogP contribution in [-0.4, -0.2) is 26.3 Å². The van der Waals surface area contributed by atoms with Crippen LogP contribution in [-0.2, 0) is 13.5 Å². The SMILES string of the molecule is CC(C)c1nc(NN)cc(NCCc2cnn(C)c2)n1. The van der Waals surface area contributed by atoms with Gasteiger partial charge in [0.1, 0.15) is 17.5 Å². The fourth-order valence-electron chi connectivity index (χ4n) is 1.82. The molecule has 0 spiro atoms. The second-order valence-corrected chi connectivity index (χ2v) is 4.99. The molecule has 7 nitrogen and oxygen atoms in total. The Bertz CT molecular complexity index is 562. The first-order valence-corrected chi connectivity index (χ1v) is 6.65. The van der Waals surface area contributed by atoms with Crippen LogP contribution in [0.15, 0.2) is 18.5 Å². The first kappa shape index (κ1) is 14.3. The van der Waals surface area contributed by atoms with Crippen molar-refractivity contribution < 1.29 is 0 Å². The van der Waals surface area contributed by atoms with Crippen molar-refractivity contribution in [2.75, 3.05) is 17.3 Å². The van der Waals surface area contributed by atoms with Crippen molar-refractivity contribution in [3.05, 3.63) is 29.8 Å². The number of anilines is 2. The molecule has 0 amide bonds. The molecule has 7 heteroatoms. The first-order valence-electron chi connectivity index (χ1n) is 6.65. The lowest BCUT2D eigenvalue weighted by atomic mass is 10.2. The second-order valence-electron chi connectivity index (χ2n) is 4.99. The van der Waals surface area contributed by atoms with Crippen molar-refractivity contribution in [2.45, 2.75) is 26.2 Å². The van der Waals surface area contributed by atoms with Crippen molar-refractivity contribution in [3.8, 4) is 0 Å². The summed E-state index contributed by atoms with van der Waals surface area (Å²) in [6.45, 7) is 4.88. The van der Waals surface area contributed by atoms with E-state index in [9.17, 15) is 0 Å². The molecule has 0 aliphatic heterocycles. The Morgan fingerprint density at radius 2 is 2.05 bits per heavy atom. The third-order valence-electron chi connectivity index (χ3n) is 2.89. The lowest BCUT2D eigenvalue weighted by Gasteiger charge is -2.11. The Morgan fingerprint density at radius 1 is 1.30 bits per heavy atom. The van der Waals surface area contributed by atoms with Gasteiger partial charge in [-0.2, -0.15) is 5.10 Å². The predicted octanol–water partition coefficient (Wildman–Crippen LogP) is 1.27. The summed E-state index contributed by atoms with van der Waals surface area (Å²) < 4.78 is 1.80. The maximum absolute atomic E-state index is 5.43. The highest BCUT2D eigenvalue weighted by molar-refractivity contribution is 5.47. The smallest absolute Gasteiger partial charge is 0.145 e. The molecule has 0 aliphatic carbocycles. The normalized spacial score (nSPS) is 10.8. The van der Waals surface area contributed by atoms with E-state index in [0.717, 1.165) is 24.6 Å². The quantitative estimate of drug-likeness (QED) is 0.543. The third-order valence-corrected chi connectivity index (χ3v) is 2.89. The van der Waals surface area contributed by atoms with E-state index in [1.54, 1.807) is 10.7 Å². The Morgan fingerprint density at radius 3 is 2.65 bits per heavy atom. The lowest BCUT2D eigenvalue weighted by Crippen LogP contribution is -2.13. The van der Waals surface area contributed by atoms with Gasteiger partial charge in [-0.15, -0.1) is 0 Å². The minimum absolute atomic E-state index is 0.252. The summed E-state index contributed by atoms with van der Waals surface area (Å²) in [5.41, 5.74) is 3.76. The summed E-state index contributed by atoms with van der Waals surface area (Å²) in [5.74, 6) is 7.85. The zero-order valence-corrected chi connectivity index (χ0v) is 12.1. The van der Waals surface area contributed by atoms with Crippen LogP contribution in [0, 0.1) is 0 Å². The number of aromatic nitrogens is 4. The summed E-state index contributed by atoms with van der Waals surface area (Å²) in [6.07, 6.45) is 4.77. The van der Waals surface area contributed by atoms with Gasteiger partial charge in [-0.3, -0.25) is 4.68 Å². The predicted molar refractivity (Wildman–Crippen MR) is 79.3 cm³/mol. The number of nitrogens with two attached hydrogens (primary N) is 1. The number of nitrogens with zero attached hydrogens (tertiary/aromatic N) is 4. The minimum atomic E-state index is 0.252. The molecule has 0 atom stereocenters. The molecule has 0 aromatic carbocycles. The molecule has 0 aliphatic rings. The summed E-state index contributed by atoms with van der Waals surface area (Å²) in [5, 5.41) is 7.43. The number of hydrazine groups is 1. The zero-order valence-electron chi connectivity index (χ0n) is 12.1. The second kappa shape index (κ2) is 6.33. The van der Waals surface area contributed by atoms with Gasteiger partial charge in [-0.25, -0.2) is 15.8 Å². The highest BCUT2D eigenvalue weighted by Gasteiger charge is 2.07. The van der Waals surface area contributed by atoms with E-state index in [4.69, 9.17) is 5.84 Å². The average Bonchev–Trinajstić information content (AvgIpc) is 2.84. The number of hydrogen-bond donors (Lipinski definition) is 3. The van der Waals surface area contributed by atoms with E-state index in [-0.39, 0.29) is 5.92 Å². The van der Waals surface area contributed by atoms with Gasteiger partial charge < -0.3 is 10.7 Å². The van der Waals surface area contributed by atoms with Crippen LogP contribution in [0.25, 0.3) is 0 Å². The van der Waals surface area contributed by atoms with E-state index in [1.807, 2.05) is 19.4 Å². The highest BCUT2D eigenvalue weighted by Crippen LogP contribution is 2.16. The Hall–Kier alpha value is -2.15. The van der Waals surface area contributed by atoms with Crippen molar-refractivity contribution in [2.24, 2.45) is 12.9 Å². The van der Waals surface area contributed by atoms with E-state index in [0.29, 0.717) is 5.82 Å². The minimum Gasteiger partial charge on any atom is -0.370 e. The van der Waals surface area contributed by atoms with Crippen molar-refractivity contribution in [1.29, 1.82) is 0 Å². The van der Waals surface area contributed by atoms with Crippen molar-refractivity contribution in [3.63, 3.8) is 0 Å². The zero-order chi connectivity index (χ0) is 14.5. The molecule has 4 N–H and O–H groups in total. The molecule has 0 fully saturated rings. The van der Waals surface area contributed by atoms with Crippen LogP contribution in [0.1, 0.15) is 31.2 Å². The summed E-state index contributed by atoms with van der Waals surface area (Å²) in [7, 11) is 1.91. The summed E-state index contributed by atoms with van der Waals surface area (Å²) in [6, 6.07) is 1.80. The molecule has 108 valence electrons. The van der Waals surface area contributed by atoms with Gasteiger partial charge in [0.05, 0.1) is 6.20 Å². The molecule has 2 aromatic heterocycles. The number of aryl methyl sites for hydroxylation is 1. The van der Waals surface area contributed by atoms with Crippen LogP contribution in [0.3, 0.4) is 0 Å². The number of nitrogen functional groups attached to an aromatic ring is 1. The Kier molecular flexibility index (Phi) is 4.52. The van der Waals surface area contributed by atoms with Crippen LogP contribution in [0.4, 0.5) is 11.6 Å². The molecular weight excluding hydrogens is 254 g/mol. The van der Waals surface area contributed by atoms with Crippen LogP contribution >= 0.6 is 0 Å². The van der Waals surface area contributed by atoms with Gasteiger partial charge in [0, 0.05) is 31.8 Å². The molecule has 0 saturated heterocycles. The summed E-state index contributed by atoms with van der Waals surface area (Å²) in [4.78, 5) is 8.80. The van der Waals surface area contributed by atoms with Gasteiger partial charge in [0.2, 0.25) is 0 Å². The number of nitrogens with one attached hydrogen (secondary N) is 2. The van der Waals surface area contributed by atoms with Gasteiger partial charge in [-0.05, 0) is 12.0 Å². The lowest BCUT2D eigenvalue weighted by molar-refractivity contribution is 0.766. The van der Waals surface area contributed by atoms with Gasteiger partial charge in [0.25, 0.3) is 0 Å². The van der Waals surface area contributed by atoms with Crippen molar-refractivity contribution >= 4 is 11.6 Å². The fraction of sp³-hybridized carbons (Fsp3) is 0.462. The molecule has 2 rings (SSSR count). The van der Waals surface area contributed by atoms with E-state index < -0.39 is 0 Å². The van der Waals surface area contributed by atoms with E-state index in [1.165, 1.54) is 5.56 Å². The van der Waals surface area contributed by atoms with Crippen molar-refractivity contribution in [1.82, 2.24) is 19.7 Å². The monoisotopic (exact) mass is 275 g/mol.